The standard InChI is InChI=1S/C15H17N7/c1-3-12(10-21(7-1)15-18-4-2-5-19-15)20-14-13-9-16-11-22(13)8-6-17-14/h2,4-6,8-9,11-12H,1,3,7,10H2,(H,17,20). The van der Waals surface area contributed by atoms with Crippen molar-refractivity contribution in [3.8, 4) is 0 Å². The van der Waals surface area contributed by atoms with Crippen molar-refractivity contribution in [3.05, 3.63) is 43.4 Å². The Kier molecular flexibility index (Phi) is 3.30. The Balaban J connectivity index is 1.52. The average Bonchev–Trinajstić information content (AvgIpc) is 3.06. The monoisotopic (exact) mass is 295 g/mol. The molecule has 1 unspecified atom stereocenters. The molecule has 7 nitrogen and oxygen atoms in total. The first-order valence-corrected chi connectivity index (χ1v) is 7.45. The first-order chi connectivity index (χ1) is 10.9. The predicted octanol–water partition coefficient (Wildman–Crippen LogP) is 1.60. The Hall–Kier alpha value is -2.70. The molecule has 112 valence electrons. The topological polar surface area (TPSA) is 71.2 Å². The number of nitrogens with one attached hydrogen (secondary N) is 1. The number of hydrogen-bond donors (Lipinski definition) is 1. The molecule has 1 fully saturated rings. The molecule has 1 saturated heterocycles. The highest BCUT2D eigenvalue weighted by molar-refractivity contribution is 5.66. The highest BCUT2D eigenvalue weighted by Gasteiger charge is 2.22. The largest absolute Gasteiger partial charge is 0.364 e. The third-order valence-electron chi connectivity index (χ3n) is 3.94. The molecule has 1 atom stereocenters. The maximum absolute atomic E-state index is 4.45. The maximum atomic E-state index is 4.45. The molecule has 1 aliphatic rings. The minimum atomic E-state index is 0.325. The van der Waals surface area contributed by atoms with E-state index in [9.17, 15) is 0 Å². The van der Waals surface area contributed by atoms with Crippen molar-refractivity contribution in [1.29, 1.82) is 0 Å². The third kappa shape index (κ3) is 2.45. The molecular formula is C15H17N7. The number of hydrogen-bond acceptors (Lipinski definition) is 6. The van der Waals surface area contributed by atoms with Crippen LogP contribution in [0.1, 0.15) is 12.8 Å². The second-order valence-corrected chi connectivity index (χ2v) is 5.44. The van der Waals surface area contributed by atoms with Crippen LogP contribution >= 0.6 is 0 Å². The summed E-state index contributed by atoms with van der Waals surface area (Å²) in [4.78, 5) is 19.5. The number of nitrogens with zero attached hydrogens (tertiary/aromatic N) is 6. The maximum Gasteiger partial charge on any atom is 0.225 e. The van der Waals surface area contributed by atoms with E-state index in [0.717, 1.165) is 43.2 Å². The van der Waals surface area contributed by atoms with Crippen molar-refractivity contribution in [2.24, 2.45) is 0 Å². The summed E-state index contributed by atoms with van der Waals surface area (Å²) in [6, 6.07) is 2.17. The van der Waals surface area contributed by atoms with Gasteiger partial charge in [0.1, 0.15) is 5.52 Å². The zero-order valence-electron chi connectivity index (χ0n) is 12.1. The van der Waals surface area contributed by atoms with E-state index in [4.69, 9.17) is 0 Å². The minimum Gasteiger partial charge on any atom is -0.364 e. The van der Waals surface area contributed by atoms with Crippen LogP contribution in [0.2, 0.25) is 0 Å². The third-order valence-corrected chi connectivity index (χ3v) is 3.94. The molecule has 1 N–H and O–H groups in total. The minimum absolute atomic E-state index is 0.325. The fraction of sp³-hybridized carbons (Fsp3) is 0.333. The molecule has 0 aromatic carbocycles. The van der Waals surface area contributed by atoms with Crippen molar-refractivity contribution in [1.82, 2.24) is 24.3 Å². The van der Waals surface area contributed by atoms with Gasteiger partial charge >= 0.3 is 0 Å². The molecule has 0 amide bonds. The lowest BCUT2D eigenvalue weighted by atomic mass is 10.1. The van der Waals surface area contributed by atoms with E-state index in [1.807, 2.05) is 22.9 Å². The number of piperidine rings is 1. The first-order valence-electron chi connectivity index (χ1n) is 7.45. The van der Waals surface area contributed by atoms with Crippen LogP contribution in [0.5, 0.6) is 0 Å². The summed E-state index contributed by atoms with van der Waals surface area (Å²) in [7, 11) is 0. The van der Waals surface area contributed by atoms with Crippen LogP contribution in [0.15, 0.2) is 43.4 Å². The van der Waals surface area contributed by atoms with Gasteiger partial charge in [-0.1, -0.05) is 0 Å². The van der Waals surface area contributed by atoms with Gasteiger partial charge < -0.3 is 14.6 Å². The van der Waals surface area contributed by atoms with Gasteiger partial charge in [0, 0.05) is 43.9 Å². The van der Waals surface area contributed by atoms with E-state index in [1.54, 1.807) is 24.9 Å². The number of imidazole rings is 1. The molecule has 4 heterocycles. The Morgan fingerprint density at radius 1 is 1.14 bits per heavy atom. The van der Waals surface area contributed by atoms with Crippen LogP contribution in [0.3, 0.4) is 0 Å². The smallest absolute Gasteiger partial charge is 0.225 e. The summed E-state index contributed by atoms with van der Waals surface area (Å²) >= 11 is 0. The summed E-state index contributed by atoms with van der Waals surface area (Å²) in [6.07, 6.45) is 13.1. The zero-order chi connectivity index (χ0) is 14.8. The molecule has 1 aliphatic heterocycles. The van der Waals surface area contributed by atoms with Crippen LogP contribution in [0.25, 0.3) is 5.52 Å². The fourth-order valence-corrected chi connectivity index (χ4v) is 2.89. The zero-order valence-corrected chi connectivity index (χ0v) is 12.1. The Bertz CT molecular complexity index is 755. The lowest BCUT2D eigenvalue weighted by molar-refractivity contribution is 0.522. The molecule has 22 heavy (non-hydrogen) atoms. The Labute approximate surface area is 128 Å². The first kappa shape index (κ1) is 13.0. The lowest BCUT2D eigenvalue weighted by Gasteiger charge is -2.33. The number of fused-ring (bicyclic) bond motifs is 1. The van der Waals surface area contributed by atoms with E-state index in [2.05, 4.69) is 30.2 Å². The second kappa shape index (κ2) is 5.59. The van der Waals surface area contributed by atoms with E-state index in [0.29, 0.717) is 6.04 Å². The van der Waals surface area contributed by atoms with Crippen molar-refractivity contribution >= 4 is 17.3 Å². The Morgan fingerprint density at radius 2 is 2.05 bits per heavy atom. The number of aromatic nitrogens is 5. The molecule has 0 spiro atoms. The van der Waals surface area contributed by atoms with Crippen LogP contribution < -0.4 is 10.2 Å². The molecule has 0 aliphatic carbocycles. The molecule has 4 rings (SSSR count). The van der Waals surface area contributed by atoms with Gasteiger partial charge in [-0.2, -0.15) is 0 Å². The summed E-state index contributed by atoms with van der Waals surface area (Å²) in [5.74, 6) is 1.67. The molecule has 0 radical (unpaired) electrons. The quantitative estimate of drug-likeness (QED) is 0.791. The predicted molar refractivity (Wildman–Crippen MR) is 83.9 cm³/mol. The molecule has 0 bridgehead atoms. The molecule has 0 saturated carbocycles. The summed E-state index contributed by atoms with van der Waals surface area (Å²) in [5, 5.41) is 3.54. The van der Waals surface area contributed by atoms with E-state index >= 15 is 0 Å². The van der Waals surface area contributed by atoms with Gasteiger partial charge in [-0.05, 0) is 18.9 Å². The number of anilines is 2. The molecule has 3 aromatic rings. The van der Waals surface area contributed by atoms with E-state index in [1.165, 1.54) is 0 Å². The van der Waals surface area contributed by atoms with Crippen molar-refractivity contribution in [2.75, 3.05) is 23.3 Å². The van der Waals surface area contributed by atoms with Gasteiger partial charge in [0.2, 0.25) is 5.95 Å². The fourth-order valence-electron chi connectivity index (χ4n) is 2.89. The van der Waals surface area contributed by atoms with E-state index < -0.39 is 0 Å². The van der Waals surface area contributed by atoms with Crippen LogP contribution in [0.4, 0.5) is 11.8 Å². The van der Waals surface area contributed by atoms with Crippen LogP contribution in [-0.2, 0) is 0 Å². The van der Waals surface area contributed by atoms with Gasteiger partial charge in [0.05, 0.1) is 12.5 Å². The molecular weight excluding hydrogens is 278 g/mol. The Morgan fingerprint density at radius 3 is 2.95 bits per heavy atom. The second-order valence-electron chi connectivity index (χ2n) is 5.44. The van der Waals surface area contributed by atoms with Crippen molar-refractivity contribution in [2.45, 2.75) is 18.9 Å². The molecule has 3 aromatic heterocycles. The van der Waals surface area contributed by atoms with Gasteiger partial charge in [-0.15, -0.1) is 0 Å². The normalized spacial score (nSPS) is 18.5. The average molecular weight is 295 g/mol. The van der Waals surface area contributed by atoms with Gasteiger partial charge in [0.15, 0.2) is 5.82 Å². The summed E-state index contributed by atoms with van der Waals surface area (Å²) in [5.41, 5.74) is 0.996. The highest BCUT2D eigenvalue weighted by atomic mass is 15.3. The van der Waals surface area contributed by atoms with E-state index in [-0.39, 0.29) is 0 Å². The van der Waals surface area contributed by atoms with Gasteiger partial charge in [-0.3, -0.25) is 0 Å². The van der Waals surface area contributed by atoms with Crippen LogP contribution in [-0.4, -0.2) is 43.5 Å². The van der Waals surface area contributed by atoms with Crippen molar-refractivity contribution < 1.29 is 0 Å². The number of rotatable bonds is 3. The summed E-state index contributed by atoms with van der Waals surface area (Å²) in [6.45, 7) is 1.87. The summed E-state index contributed by atoms with van der Waals surface area (Å²) < 4.78 is 1.97. The molecule has 7 heteroatoms. The van der Waals surface area contributed by atoms with Gasteiger partial charge in [-0.25, -0.2) is 19.9 Å². The van der Waals surface area contributed by atoms with Crippen molar-refractivity contribution in [3.63, 3.8) is 0 Å². The highest BCUT2D eigenvalue weighted by Crippen LogP contribution is 2.20. The lowest BCUT2D eigenvalue weighted by Crippen LogP contribution is -2.43. The van der Waals surface area contributed by atoms with Gasteiger partial charge in [0.25, 0.3) is 0 Å². The van der Waals surface area contributed by atoms with Crippen LogP contribution in [0, 0.1) is 0 Å². The SMILES string of the molecule is c1cnc(N2CCCC(Nc3nccn4cncc34)C2)nc1.